The van der Waals surface area contributed by atoms with E-state index in [-0.39, 0.29) is 17.6 Å². The zero-order valence-electron chi connectivity index (χ0n) is 10.5. The largest absolute Gasteiger partial charge is 0.488 e. The summed E-state index contributed by atoms with van der Waals surface area (Å²) in [6.07, 6.45) is 0.311. The molecule has 0 bridgehead atoms. The molecule has 0 spiro atoms. The topological polar surface area (TPSA) is 21.3 Å². The molecule has 2 nitrogen and oxygen atoms in total. The van der Waals surface area contributed by atoms with Crippen molar-refractivity contribution < 1.29 is 17.9 Å². The number of halogens is 3. The molecule has 2 aromatic carbocycles. The monoisotopic (exact) mass is 279 g/mol. The summed E-state index contributed by atoms with van der Waals surface area (Å²) >= 11 is 0. The number of hydrogen-bond donors (Lipinski definition) is 1. The lowest BCUT2D eigenvalue weighted by Crippen LogP contribution is -2.24. The molecule has 1 heterocycles. The quantitative estimate of drug-likeness (QED) is 0.928. The predicted octanol–water partition coefficient (Wildman–Crippen LogP) is 3.52. The van der Waals surface area contributed by atoms with E-state index in [0.717, 1.165) is 11.6 Å². The third kappa shape index (κ3) is 2.43. The highest BCUT2D eigenvalue weighted by molar-refractivity contribution is 5.45. The fourth-order valence-electron chi connectivity index (χ4n) is 2.27. The van der Waals surface area contributed by atoms with Gasteiger partial charge in [-0.2, -0.15) is 0 Å². The normalized spacial score (nSPS) is 16.6. The van der Waals surface area contributed by atoms with Gasteiger partial charge < -0.3 is 10.1 Å². The van der Waals surface area contributed by atoms with Crippen molar-refractivity contribution in [2.24, 2.45) is 0 Å². The van der Waals surface area contributed by atoms with Gasteiger partial charge in [-0.05, 0) is 30.3 Å². The summed E-state index contributed by atoms with van der Waals surface area (Å²) in [4.78, 5) is 0. The van der Waals surface area contributed by atoms with Crippen LogP contribution < -0.4 is 10.1 Å². The highest BCUT2D eigenvalue weighted by Gasteiger charge is 2.23. The lowest BCUT2D eigenvalue weighted by Gasteiger charge is -2.13. The Balaban J connectivity index is 1.65. The van der Waals surface area contributed by atoms with Crippen LogP contribution >= 0.6 is 0 Å². The van der Waals surface area contributed by atoms with Gasteiger partial charge in [-0.25, -0.2) is 13.2 Å². The Morgan fingerprint density at radius 3 is 2.85 bits per heavy atom. The lowest BCUT2D eigenvalue weighted by molar-refractivity contribution is 0.246. The number of rotatable bonds is 3. The van der Waals surface area contributed by atoms with Gasteiger partial charge in [0.2, 0.25) is 0 Å². The van der Waals surface area contributed by atoms with Gasteiger partial charge in [0, 0.05) is 12.0 Å². The number of hydrogen-bond acceptors (Lipinski definition) is 2. The third-order valence-corrected chi connectivity index (χ3v) is 3.24. The SMILES string of the molecule is Fc1ccc2c(c1)CC(CNc1cccc(F)c1F)O2. The third-order valence-electron chi connectivity index (χ3n) is 3.24. The minimum absolute atomic E-state index is 0.0933. The number of nitrogens with one attached hydrogen (secondary N) is 1. The molecule has 0 fully saturated rings. The maximum absolute atomic E-state index is 13.5. The second-order valence-corrected chi connectivity index (χ2v) is 4.68. The summed E-state index contributed by atoms with van der Waals surface area (Å²) < 4.78 is 45.2. The van der Waals surface area contributed by atoms with Crippen molar-refractivity contribution in [1.29, 1.82) is 0 Å². The molecule has 0 aliphatic carbocycles. The molecule has 20 heavy (non-hydrogen) atoms. The van der Waals surface area contributed by atoms with Crippen LogP contribution in [0.5, 0.6) is 5.75 Å². The van der Waals surface area contributed by atoms with E-state index in [4.69, 9.17) is 4.74 Å². The van der Waals surface area contributed by atoms with Crippen LogP contribution in [0.15, 0.2) is 36.4 Å². The molecule has 1 aliphatic rings. The first-order valence-corrected chi connectivity index (χ1v) is 6.26. The molecule has 2 aromatic rings. The molecule has 1 atom stereocenters. The van der Waals surface area contributed by atoms with E-state index >= 15 is 0 Å². The zero-order chi connectivity index (χ0) is 14.1. The van der Waals surface area contributed by atoms with E-state index < -0.39 is 11.6 Å². The summed E-state index contributed by atoms with van der Waals surface area (Å²) in [6.45, 7) is 0.316. The van der Waals surface area contributed by atoms with Gasteiger partial charge in [0.05, 0.1) is 12.2 Å². The van der Waals surface area contributed by atoms with Crippen molar-refractivity contribution >= 4 is 5.69 Å². The average Bonchev–Trinajstić information content (AvgIpc) is 2.82. The van der Waals surface area contributed by atoms with Crippen molar-refractivity contribution in [3.63, 3.8) is 0 Å². The Kier molecular flexibility index (Phi) is 3.26. The summed E-state index contributed by atoms with van der Waals surface area (Å²) in [5.74, 6) is -1.48. The standard InChI is InChI=1S/C15H12F3NO/c16-10-4-5-14-9(6-10)7-11(20-14)8-19-13-3-1-2-12(17)15(13)18/h1-6,11,19H,7-8H2. The molecule has 0 saturated carbocycles. The number of benzene rings is 2. The average molecular weight is 279 g/mol. The fraction of sp³-hybridized carbons (Fsp3) is 0.200. The van der Waals surface area contributed by atoms with E-state index in [1.165, 1.54) is 24.3 Å². The first-order chi connectivity index (χ1) is 9.63. The molecule has 5 heteroatoms. The van der Waals surface area contributed by atoms with Crippen molar-refractivity contribution in [2.45, 2.75) is 12.5 Å². The molecule has 3 rings (SSSR count). The molecule has 0 aromatic heterocycles. The first-order valence-electron chi connectivity index (χ1n) is 6.26. The highest BCUT2D eigenvalue weighted by Crippen LogP contribution is 2.29. The Labute approximate surface area is 114 Å². The summed E-state index contributed by atoms with van der Waals surface area (Å²) in [6, 6.07) is 8.29. The van der Waals surface area contributed by atoms with E-state index in [9.17, 15) is 13.2 Å². The smallest absolute Gasteiger partial charge is 0.181 e. The molecule has 1 aliphatic heterocycles. The summed E-state index contributed by atoms with van der Waals surface area (Å²) in [5, 5.41) is 2.81. The first kappa shape index (κ1) is 12.8. The number of ether oxygens (including phenoxy) is 1. The summed E-state index contributed by atoms with van der Waals surface area (Å²) in [7, 11) is 0. The molecule has 0 radical (unpaired) electrons. The second kappa shape index (κ2) is 5.07. The Morgan fingerprint density at radius 2 is 2.00 bits per heavy atom. The van der Waals surface area contributed by atoms with Crippen molar-refractivity contribution in [2.75, 3.05) is 11.9 Å². The van der Waals surface area contributed by atoms with Crippen LogP contribution in [-0.4, -0.2) is 12.6 Å². The van der Waals surface area contributed by atoms with Gasteiger partial charge in [0.1, 0.15) is 17.7 Å². The van der Waals surface area contributed by atoms with E-state index in [0.29, 0.717) is 18.7 Å². The van der Waals surface area contributed by atoms with Crippen LogP contribution in [0.25, 0.3) is 0 Å². The van der Waals surface area contributed by atoms with Gasteiger partial charge >= 0.3 is 0 Å². The Hall–Kier alpha value is -2.17. The molecule has 1 unspecified atom stereocenters. The predicted molar refractivity (Wildman–Crippen MR) is 69.4 cm³/mol. The van der Waals surface area contributed by atoms with E-state index in [2.05, 4.69) is 5.32 Å². The fourth-order valence-corrected chi connectivity index (χ4v) is 2.27. The Morgan fingerprint density at radius 1 is 1.15 bits per heavy atom. The van der Waals surface area contributed by atoms with Gasteiger partial charge in [-0.1, -0.05) is 6.07 Å². The molecule has 104 valence electrons. The number of fused-ring (bicyclic) bond motifs is 1. The summed E-state index contributed by atoms with van der Waals surface area (Å²) in [5.41, 5.74) is 0.882. The molecule has 1 N–H and O–H groups in total. The van der Waals surface area contributed by atoms with Gasteiger partial charge in [-0.15, -0.1) is 0 Å². The molecule has 0 saturated heterocycles. The van der Waals surface area contributed by atoms with E-state index in [1.807, 2.05) is 0 Å². The van der Waals surface area contributed by atoms with Crippen molar-refractivity contribution in [1.82, 2.24) is 0 Å². The molecular weight excluding hydrogens is 267 g/mol. The lowest BCUT2D eigenvalue weighted by atomic mass is 10.1. The molecule has 0 amide bonds. The second-order valence-electron chi connectivity index (χ2n) is 4.68. The van der Waals surface area contributed by atoms with Crippen LogP contribution in [0.4, 0.5) is 18.9 Å². The van der Waals surface area contributed by atoms with Crippen LogP contribution in [0.3, 0.4) is 0 Å². The minimum atomic E-state index is -0.908. The Bertz CT molecular complexity index is 645. The van der Waals surface area contributed by atoms with Crippen LogP contribution in [0.1, 0.15) is 5.56 Å². The van der Waals surface area contributed by atoms with Gasteiger partial charge in [0.15, 0.2) is 11.6 Å². The van der Waals surface area contributed by atoms with Gasteiger partial charge in [-0.3, -0.25) is 0 Å². The van der Waals surface area contributed by atoms with Crippen LogP contribution in [0, 0.1) is 17.5 Å². The minimum Gasteiger partial charge on any atom is -0.488 e. The maximum atomic E-state index is 13.5. The van der Waals surface area contributed by atoms with Crippen LogP contribution in [-0.2, 0) is 6.42 Å². The molecular formula is C15H12F3NO. The maximum Gasteiger partial charge on any atom is 0.181 e. The van der Waals surface area contributed by atoms with E-state index in [1.54, 1.807) is 6.07 Å². The number of anilines is 1. The van der Waals surface area contributed by atoms with Crippen molar-refractivity contribution in [3.8, 4) is 5.75 Å². The zero-order valence-corrected chi connectivity index (χ0v) is 10.5. The van der Waals surface area contributed by atoms with Gasteiger partial charge in [0.25, 0.3) is 0 Å². The highest BCUT2D eigenvalue weighted by atomic mass is 19.2. The van der Waals surface area contributed by atoms with Crippen molar-refractivity contribution in [3.05, 3.63) is 59.4 Å². The van der Waals surface area contributed by atoms with Crippen LogP contribution in [0.2, 0.25) is 0 Å².